The number of unbranched alkanes of at least 4 members (excludes halogenated alkanes) is 1. The fraction of sp³-hybridized carbons (Fsp3) is 0.667. The third kappa shape index (κ3) is 6.56. The van der Waals surface area contributed by atoms with E-state index in [9.17, 15) is 8.78 Å². The average Bonchev–Trinajstić information content (AvgIpc) is 2.50. The lowest BCUT2D eigenvalue weighted by Gasteiger charge is -2.31. The van der Waals surface area contributed by atoms with E-state index in [2.05, 4.69) is 20.1 Å². The van der Waals surface area contributed by atoms with Crippen LogP contribution in [-0.4, -0.2) is 12.7 Å². The molecule has 122 valence electrons. The number of allylic oxidation sites excluding steroid dienone is 4. The van der Waals surface area contributed by atoms with Crippen molar-refractivity contribution in [2.75, 3.05) is 6.61 Å². The van der Waals surface area contributed by atoms with Gasteiger partial charge in [-0.3, -0.25) is 0 Å². The van der Waals surface area contributed by atoms with E-state index in [0.29, 0.717) is 12.8 Å². The topological polar surface area (TPSA) is 9.23 Å². The van der Waals surface area contributed by atoms with E-state index < -0.39 is 17.1 Å². The summed E-state index contributed by atoms with van der Waals surface area (Å²) in [5, 5.41) is 0. The summed E-state index contributed by atoms with van der Waals surface area (Å²) in [6.45, 7) is 15.8. The van der Waals surface area contributed by atoms with E-state index in [0.717, 1.165) is 31.9 Å². The van der Waals surface area contributed by atoms with Crippen molar-refractivity contribution in [2.24, 2.45) is 5.41 Å². The Labute approximate surface area is 128 Å². The van der Waals surface area contributed by atoms with Crippen molar-refractivity contribution >= 4 is 0 Å². The number of ether oxygens (including phenoxy) is 1. The zero-order valence-electron chi connectivity index (χ0n) is 14.0. The minimum atomic E-state index is -0.938. The molecular formula is C18H30F2O. The first-order valence-corrected chi connectivity index (χ1v) is 7.81. The fourth-order valence-corrected chi connectivity index (χ4v) is 2.07. The normalized spacial score (nSPS) is 16.9. The lowest BCUT2D eigenvalue weighted by molar-refractivity contribution is 0.0503. The molecule has 0 fully saturated rings. The lowest BCUT2D eigenvalue weighted by atomic mass is 9.75. The standard InChI is InChI=1S/C18H30F2O/c1-7-10-13-21-14(4)11-12-18(6,9-3)15(5)17(20)16(19)8-2/h8,14H,2,5,7,9-13H2,1,3-4,6H3/b17-16-. The summed E-state index contributed by atoms with van der Waals surface area (Å²) in [7, 11) is 0. The van der Waals surface area contributed by atoms with Gasteiger partial charge in [0.05, 0.1) is 6.10 Å². The molecule has 0 spiro atoms. The van der Waals surface area contributed by atoms with E-state index in [1.165, 1.54) is 0 Å². The third-order valence-electron chi connectivity index (χ3n) is 4.17. The second-order valence-corrected chi connectivity index (χ2v) is 5.83. The molecule has 0 aromatic rings. The van der Waals surface area contributed by atoms with Crippen LogP contribution in [0.25, 0.3) is 0 Å². The van der Waals surface area contributed by atoms with Gasteiger partial charge in [-0.2, -0.15) is 0 Å². The maximum Gasteiger partial charge on any atom is 0.161 e. The molecule has 0 heterocycles. The van der Waals surface area contributed by atoms with Crippen molar-refractivity contribution in [2.45, 2.75) is 65.9 Å². The van der Waals surface area contributed by atoms with Crippen molar-refractivity contribution in [3.63, 3.8) is 0 Å². The number of halogens is 2. The molecule has 0 saturated carbocycles. The van der Waals surface area contributed by atoms with Crippen LogP contribution in [0.3, 0.4) is 0 Å². The van der Waals surface area contributed by atoms with Gasteiger partial charge in [0.2, 0.25) is 0 Å². The van der Waals surface area contributed by atoms with Gasteiger partial charge in [-0.15, -0.1) is 0 Å². The lowest BCUT2D eigenvalue weighted by Crippen LogP contribution is -2.22. The minimum Gasteiger partial charge on any atom is -0.379 e. The average molecular weight is 300 g/mol. The molecule has 21 heavy (non-hydrogen) atoms. The van der Waals surface area contributed by atoms with Crippen LogP contribution < -0.4 is 0 Å². The number of hydrogen-bond acceptors (Lipinski definition) is 1. The van der Waals surface area contributed by atoms with Gasteiger partial charge < -0.3 is 4.74 Å². The van der Waals surface area contributed by atoms with E-state index >= 15 is 0 Å². The van der Waals surface area contributed by atoms with E-state index in [4.69, 9.17) is 4.74 Å². The van der Waals surface area contributed by atoms with E-state index in [-0.39, 0.29) is 11.7 Å². The molecule has 0 aliphatic rings. The van der Waals surface area contributed by atoms with Crippen molar-refractivity contribution < 1.29 is 13.5 Å². The zero-order chi connectivity index (χ0) is 16.5. The van der Waals surface area contributed by atoms with Crippen molar-refractivity contribution in [3.8, 4) is 0 Å². The highest BCUT2D eigenvalue weighted by Gasteiger charge is 2.30. The Hall–Kier alpha value is -0.960. The van der Waals surface area contributed by atoms with Crippen LogP contribution in [0.1, 0.15) is 59.8 Å². The van der Waals surface area contributed by atoms with E-state index in [1.54, 1.807) is 0 Å². The highest BCUT2D eigenvalue weighted by atomic mass is 19.2. The van der Waals surface area contributed by atoms with Crippen molar-refractivity contribution in [1.82, 2.24) is 0 Å². The smallest absolute Gasteiger partial charge is 0.161 e. The summed E-state index contributed by atoms with van der Waals surface area (Å²) in [6, 6.07) is 0. The SMILES string of the molecule is C=C/C(F)=C(/F)C(=C)C(C)(CC)CCC(C)OCCCC. The van der Waals surface area contributed by atoms with E-state index in [1.807, 2.05) is 20.8 Å². The first-order valence-electron chi connectivity index (χ1n) is 7.81. The Morgan fingerprint density at radius 1 is 1.33 bits per heavy atom. The molecule has 0 aromatic carbocycles. The highest BCUT2D eigenvalue weighted by molar-refractivity contribution is 5.34. The van der Waals surface area contributed by atoms with Crippen LogP contribution in [0.5, 0.6) is 0 Å². The van der Waals surface area contributed by atoms with Crippen LogP contribution in [0.15, 0.2) is 36.5 Å². The molecule has 2 atom stereocenters. The first kappa shape index (κ1) is 20.0. The summed E-state index contributed by atoms with van der Waals surface area (Å²) in [5.74, 6) is -1.82. The molecule has 0 amide bonds. The number of rotatable bonds is 11. The van der Waals surface area contributed by atoms with Gasteiger partial charge in [-0.25, -0.2) is 8.78 Å². The molecule has 0 bridgehead atoms. The Bertz CT molecular complexity index is 373. The zero-order valence-corrected chi connectivity index (χ0v) is 14.0. The maximum atomic E-state index is 13.9. The first-order chi connectivity index (χ1) is 9.82. The predicted octanol–water partition coefficient (Wildman–Crippen LogP) is 6.28. The maximum absolute atomic E-state index is 13.9. The Morgan fingerprint density at radius 2 is 1.95 bits per heavy atom. The largest absolute Gasteiger partial charge is 0.379 e. The Balaban J connectivity index is 4.67. The molecule has 3 heteroatoms. The molecule has 0 aliphatic carbocycles. The molecule has 0 radical (unpaired) electrons. The van der Waals surface area contributed by atoms with Crippen LogP contribution in [-0.2, 0) is 4.74 Å². The summed E-state index contributed by atoms with van der Waals surface area (Å²) in [6.07, 6.45) is 5.37. The summed E-state index contributed by atoms with van der Waals surface area (Å²) >= 11 is 0. The van der Waals surface area contributed by atoms with Gasteiger partial charge in [-0.05, 0) is 49.7 Å². The summed E-state index contributed by atoms with van der Waals surface area (Å²) in [4.78, 5) is 0. The molecule has 2 unspecified atom stereocenters. The monoisotopic (exact) mass is 300 g/mol. The highest BCUT2D eigenvalue weighted by Crippen LogP contribution is 2.40. The van der Waals surface area contributed by atoms with Crippen LogP contribution in [0.2, 0.25) is 0 Å². The quantitative estimate of drug-likeness (QED) is 0.322. The van der Waals surface area contributed by atoms with Gasteiger partial charge >= 0.3 is 0 Å². The van der Waals surface area contributed by atoms with Gasteiger partial charge in [0.15, 0.2) is 11.7 Å². The van der Waals surface area contributed by atoms with Gasteiger partial charge in [-0.1, -0.05) is 40.3 Å². The molecule has 0 rings (SSSR count). The molecule has 0 saturated heterocycles. The van der Waals surface area contributed by atoms with Crippen molar-refractivity contribution in [1.29, 1.82) is 0 Å². The Kier molecular flexibility index (Phi) is 9.43. The van der Waals surface area contributed by atoms with Crippen molar-refractivity contribution in [3.05, 3.63) is 36.5 Å². The molecule has 0 aromatic heterocycles. The van der Waals surface area contributed by atoms with Gasteiger partial charge in [0, 0.05) is 6.61 Å². The number of hydrogen-bond donors (Lipinski definition) is 0. The minimum absolute atomic E-state index is 0.117. The second kappa shape index (κ2) is 9.88. The second-order valence-electron chi connectivity index (χ2n) is 5.83. The van der Waals surface area contributed by atoms with Crippen LogP contribution in [0, 0.1) is 5.41 Å². The molecule has 0 N–H and O–H groups in total. The van der Waals surface area contributed by atoms with Gasteiger partial charge in [0.1, 0.15) is 0 Å². The Morgan fingerprint density at radius 3 is 2.43 bits per heavy atom. The van der Waals surface area contributed by atoms with Crippen LogP contribution in [0.4, 0.5) is 8.78 Å². The third-order valence-corrected chi connectivity index (χ3v) is 4.17. The molecule has 1 nitrogen and oxygen atoms in total. The predicted molar refractivity (Wildman–Crippen MR) is 86.5 cm³/mol. The summed E-state index contributed by atoms with van der Waals surface area (Å²) in [5.41, 5.74) is -0.254. The molecule has 0 aliphatic heterocycles. The summed E-state index contributed by atoms with van der Waals surface area (Å²) < 4.78 is 33.0. The molecular weight excluding hydrogens is 270 g/mol. The van der Waals surface area contributed by atoms with Crippen LogP contribution >= 0.6 is 0 Å². The van der Waals surface area contributed by atoms with Gasteiger partial charge in [0.25, 0.3) is 0 Å². The fourth-order valence-electron chi connectivity index (χ4n) is 2.07.